The number of halogens is 1. The first-order valence-corrected chi connectivity index (χ1v) is 13.7. The maximum Gasteiger partial charge on any atom is 0.410 e. The number of nitrogens with one attached hydrogen (secondary N) is 2. The van der Waals surface area contributed by atoms with Gasteiger partial charge in [-0.25, -0.2) is 14.8 Å². The molecule has 1 fully saturated rings. The molecule has 2 N–H and O–H groups in total. The minimum atomic E-state index is -0.515. The molecule has 0 atom stereocenters. The summed E-state index contributed by atoms with van der Waals surface area (Å²) in [5.41, 5.74) is 1.82. The largest absolute Gasteiger partial charge is 0.495 e. The number of ether oxygens (including phenoxy) is 4. The van der Waals surface area contributed by atoms with Gasteiger partial charge in [-0.15, -0.1) is 0 Å². The van der Waals surface area contributed by atoms with Gasteiger partial charge in [0.1, 0.15) is 35.9 Å². The summed E-state index contributed by atoms with van der Waals surface area (Å²) in [5, 5.41) is 7.86. The molecule has 2 aromatic carbocycles. The van der Waals surface area contributed by atoms with Gasteiger partial charge in [0, 0.05) is 42.2 Å². The van der Waals surface area contributed by atoms with Crippen LogP contribution in [0.5, 0.6) is 11.5 Å². The van der Waals surface area contributed by atoms with Crippen molar-refractivity contribution in [3.8, 4) is 11.5 Å². The van der Waals surface area contributed by atoms with Crippen molar-refractivity contribution in [2.75, 3.05) is 51.2 Å². The molecule has 3 aromatic rings. The summed E-state index contributed by atoms with van der Waals surface area (Å²) in [4.78, 5) is 23.3. The van der Waals surface area contributed by atoms with E-state index in [1.165, 1.54) is 6.33 Å². The van der Waals surface area contributed by atoms with Gasteiger partial charge in [0.15, 0.2) is 0 Å². The van der Waals surface area contributed by atoms with Crippen LogP contribution in [0.2, 0.25) is 0 Å². The number of likely N-dealkylation sites (tertiary alicyclic amines) is 1. The first-order chi connectivity index (χ1) is 18.7. The number of amides is 1. The second-order valence-electron chi connectivity index (χ2n) is 10.3. The number of carbonyl (C=O) groups excluding carboxylic acids is 1. The van der Waals surface area contributed by atoms with Crippen molar-refractivity contribution in [2.45, 2.75) is 45.3 Å². The van der Waals surface area contributed by atoms with Crippen LogP contribution in [0.15, 0.2) is 41.1 Å². The van der Waals surface area contributed by atoms with E-state index in [0.717, 1.165) is 39.6 Å². The molecular weight excluding hydrogens is 566 g/mol. The van der Waals surface area contributed by atoms with E-state index in [-0.39, 0.29) is 12.1 Å². The number of carbonyl (C=O) groups is 1. The Morgan fingerprint density at radius 1 is 1.05 bits per heavy atom. The Labute approximate surface area is 237 Å². The number of rotatable bonds is 9. The summed E-state index contributed by atoms with van der Waals surface area (Å²) >= 11 is 3.52. The highest BCUT2D eigenvalue weighted by molar-refractivity contribution is 9.10. The van der Waals surface area contributed by atoms with E-state index in [1.807, 2.05) is 51.1 Å². The van der Waals surface area contributed by atoms with Gasteiger partial charge in [-0.1, -0.05) is 15.9 Å². The fourth-order valence-electron chi connectivity index (χ4n) is 4.31. The van der Waals surface area contributed by atoms with Crippen molar-refractivity contribution in [1.82, 2.24) is 14.9 Å². The molecule has 11 heteroatoms. The predicted octanol–water partition coefficient (Wildman–Crippen LogP) is 5.98. The molecule has 2 heterocycles. The smallest absolute Gasteiger partial charge is 0.410 e. The molecule has 1 amide bonds. The Balaban J connectivity index is 1.58. The molecule has 39 heavy (non-hydrogen) atoms. The highest BCUT2D eigenvalue weighted by Crippen LogP contribution is 2.36. The Kier molecular flexibility index (Phi) is 9.34. The Morgan fingerprint density at radius 3 is 2.51 bits per heavy atom. The minimum Gasteiger partial charge on any atom is -0.495 e. The zero-order valence-corrected chi connectivity index (χ0v) is 24.6. The molecule has 4 rings (SSSR count). The Hall–Kier alpha value is -3.31. The third kappa shape index (κ3) is 7.63. The predicted molar refractivity (Wildman–Crippen MR) is 155 cm³/mol. The molecule has 0 radical (unpaired) electrons. The summed E-state index contributed by atoms with van der Waals surface area (Å²) in [5.74, 6) is 2.01. The molecule has 1 aromatic heterocycles. The van der Waals surface area contributed by atoms with Crippen LogP contribution in [0.4, 0.5) is 22.0 Å². The van der Waals surface area contributed by atoms with Gasteiger partial charge in [0.05, 0.1) is 30.6 Å². The number of fused-ring (bicyclic) bond motifs is 1. The van der Waals surface area contributed by atoms with Crippen molar-refractivity contribution >= 4 is 50.1 Å². The lowest BCUT2D eigenvalue weighted by Gasteiger charge is -2.34. The van der Waals surface area contributed by atoms with Gasteiger partial charge in [-0.2, -0.15) is 0 Å². The number of methoxy groups -OCH3 is 2. The zero-order valence-electron chi connectivity index (χ0n) is 23.0. The first kappa shape index (κ1) is 28.7. The molecular formula is C28H36BrN5O5. The van der Waals surface area contributed by atoms with Crippen molar-refractivity contribution < 1.29 is 23.7 Å². The lowest BCUT2D eigenvalue weighted by molar-refractivity contribution is 0.0210. The van der Waals surface area contributed by atoms with Crippen LogP contribution in [-0.2, 0) is 9.47 Å². The molecule has 1 aliphatic heterocycles. The maximum atomic E-state index is 12.5. The Morgan fingerprint density at radius 2 is 1.82 bits per heavy atom. The van der Waals surface area contributed by atoms with Crippen molar-refractivity contribution in [3.05, 3.63) is 41.1 Å². The van der Waals surface area contributed by atoms with Crippen LogP contribution in [0.1, 0.15) is 33.6 Å². The van der Waals surface area contributed by atoms with Gasteiger partial charge >= 0.3 is 6.09 Å². The zero-order chi connectivity index (χ0) is 28.0. The second-order valence-corrected chi connectivity index (χ2v) is 11.2. The van der Waals surface area contributed by atoms with Gasteiger partial charge < -0.3 is 34.5 Å². The fraction of sp³-hybridized carbons (Fsp3) is 0.464. The molecule has 10 nitrogen and oxygen atoms in total. The molecule has 0 saturated carbocycles. The molecule has 1 saturated heterocycles. The summed E-state index contributed by atoms with van der Waals surface area (Å²) in [6.07, 6.45) is 2.81. The molecule has 1 aliphatic rings. The van der Waals surface area contributed by atoms with E-state index in [4.69, 9.17) is 18.9 Å². The number of aromatic nitrogens is 2. The highest BCUT2D eigenvalue weighted by atomic mass is 79.9. The lowest BCUT2D eigenvalue weighted by atomic mass is 10.0. The van der Waals surface area contributed by atoms with Gasteiger partial charge in [0.2, 0.25) is 0 Å². The monoisotopic (exact) mass is 601 g/mol. The number of anilines is 3. The summed E-state index contributed by atoms with van der Waals surface area (Å²) in [6.45, 7) is 7.72. The van der Waals surface area contributed by atoms with Crippen molar-refractivity contribution in [3.63, 3.8) is 0 Å². The summed E-state index contributed by atoms with van der Waals surface area (Å²) in [7, 11) is 3.27. The van der Waals surface area contributed by atoms with E-state index in [9.17, 15) is 4.79 Å². The molecule has 0 unspecified atom stereocenters. The van der Waals surface area contributed by atoms with Crippen LogP contribution in [0.3, 0.4) is 0 Å². The third-order valence-electron chi connectivity index (χ3n) is 6.20. The number of benzene rings is 2. The average Bonchev–Trinajstić information content (AvgIpc) is 2.89. The average molecular weight is 603 g/mol. The van der Waals surface area contributed by atoms with E-state index >= 15 is 0 Å². The normalized spacial score (nSPS) is 14.3. The van der Waals surface area contributed by atoms with Gasteiger partial charge in [-0.05, 0) is 57.9 Å². The van der Waals surface area contributed by atoms with Crippen LogP contribution < -0.4 is 20.1 Å². The number of hydrogen-bond donors (Lipinski definition) is 2. The van der Waals surface area contributed by atoms with Crippen molar-refractivity contribution in [1.29, 1.82) is 0 Å². The fourth-order valence-corrected chi connectivity index (χ4v) is 4.67. The van der Waals surface area contributed by atoms with Gasteiger partial charge in [-0.3, -0.25) is 0 Å². The van der Waals surface area contributed by atoms with E-state index in [1.54, 1.807) is 19.1 Å². The highest BCUT2D eigenvalue weighted by Gasteiger charge is 2.27. The van der Waals surface area contributed by atoms with Crippen LogP contribution in [0, 0.1) is 0 Å². The number of nitrogens with zero attached hydrogens (tertiary/aromatic N) is 3. The number of hydrogen-bond acceptors (Lipinski definition) is 9. The van der Waals surface area contributed by atoms with Crippen LogP contribution >= 0.6 is 15.9 Å². The summed E-state index contributed by atoms with van der Waals surface area (Å²) in [6, 6.07) is 9.80. The van der Waals surface area contributed by atoms with E-state index in [0.29, 0.717) is 43.6 Å². The topological polar surface area (TPSA) is 107 Å². The first-order valence-electron chi connectivity index (χ1n) is 12.9. The quantitative estimate of drug-likeness (QED) is 0.286. The summed E-state index contributed by atoms with van der Waals surface area (Å²) < 4.78 is 23.2. The van der Waals surface area contributed by atoms with E-state index < -0.39 is 5.60 Å². The third-order valence-corrected chi connectivity index (χ3v) is 6.70. The number of piperidine rings is 1. The molecule has 0 bridgehead atoms. The van der Waals surface area contributed by atoms with Crippen molar-refractivity contribution in [2.24, 2.45) is 0 Å². The van der Waals surface area contributed by atoms with Crippen LogP contribution in [0.25, 0.3) is 10.9 Å². The molecule has 210 valence electrons. The minimum absolute atomic E-state index is 0.150. The molecule has 0 aliphatic carbocycles. The Bertz CT molecular complexity index is 1290. The van der Waals surface area contributed by atoms with E-state index in [2.05, 4.69) is 36.5 Å². The lowest BCUT2D eigenvalue weighted by Crippen LogP contribution is -2.44. The van der Waals surface area contributed by atoms with Crippen LogP contribution in [-0.4, -0.2) is 73.1 Å². The SMILES string of the molecule is COCCOc1cc2ncnc(Nc3cc(Br)ccc3OC)c2cc1NC1CCN(C(=O)OC(C)(C)C)CC1. The maximum absolute atomic E-state index is 12.5. The van der Waals surface area contributed by atoms with Gasteiger partial charge in [0.25, 0.3) is 0 Å². The second kappa shape index (κ2) is 12.7. The standard InChI is InChI=1S/C28H36BrN5O5/c1-28(2,3)39-27(35)34-10-8-19(9-11-34)32-23-15-20-21(16-25(23)38-13-12-36-4)30-17-31-26(20)33-22-14-18(29)6-7-24(22)37-5/h6-7,14-17,19,32H,8-13H2,1-5H3,(H,30,31,33). The molecule has 0 spiro atoms.